The van der Waals surface area contributed by atoms with E-state index in [9.17, 15) is 15.0 Å². The molecule has 0 amide bonds. The molecule has 1 saturated heterocycles. The van der Waals surface area contributed by atoms with E-state index in [-0.39, 0.29) is 23.2 Å². The van der Waals surface area contributed by atoms with Gasteiger partial charge in [-0.2, -0.15) is 0 Å². The molecule has 0 aromatic carbocycles. The van der Waals surface area contributed by atoms with E-state index in [4.69, 9.17) is 4.74 Å². The minimum absolute atomic E-state index is 0.0479. The van der Waals surface area contributed by atoms with Crippen LogP contribution in [-0.2, 0) is 9.53 Å². The first kappa shape index (κ1) is 23.0. The maximum absolute atomic E-state index is 12.4. The van der Waals surface area contributed by atoms with Crippen molar-refractivity contribution >= 4 is 5.97 Å². The summed E-state index contributed by atoms with van der Waals surface area (Å²) >= 11 is 0. The Hall–Kier alpha value is -1.17. The number of rotatable bonds is 2. The van der Waals surface area contributed by atoms with Crippen LogP contribution in [0.1, 0.15) is 60.3 Å². The molecule has 2 saturated carbocycles. The minimum Gasteiger partial charge on any atom is -0.460 e. The number of esters is 1. The first-order valence-corrected chi connectivity index (χ1v) is 12.1. The molecule has 3 fully saturated rings. The molecule has 0 aromatic rings. The summed E-state index contributed by atoms with van der Waals surface area (Å²) in [4.78, 5) is 12.4. The first-order chi connectivity index (χ1) is 14.5. The number of aliphatic hydroxyl groups is 2. The van der Waals surface area contributed by atoms with E-state index in [1.165, 1.54) is 12.0 Å². The largest absolute Gasteiger partial charge is 0.460 e. The standard InChI is InChI=1S/C26H41NO4/c1-13(2)22-20-10-17-15(4)26(30)19(16(5)31-24(29)23(26)28)9-8-14(3)18(17)11-25(20,6)12-21(22)27-7/h8,13,16-23,27-28,30H,4,9-12H2,1-3,5-7H3/b14-8-. The Labute approximate surface area is 187 Å². The maximum atomic E-state index is 12.4. The topological polar surface area (TPSA) is 78.8 Å². The summed E-state index contributed by atoms with van der Waals surface area (Å²) in [5, 5.41) is 26.3. The van der Waals surface area contributed by atoms with E-state index in [2.05, 4.69) is 52.7 Å². The van der Waals surface area contributed by atoms with Crippen LogP contribution in [0.25, 0.3) is 0 Å². The summed E-state index contributed by atoms with van der Waals surface area (Å²) in [7, 11) is 2.08. The Kier molecular flexibility index (Phi) is 5.72. The summed E-state index contributed by atoms with van der Waals surface area (Å²) in [6, 6.07) is 0.489. The number of hydrogen-bond acceptors (Lipinski definition) is 5. The van der Waals surface area contributed by atoms with Crippen LogP contribution in [0.4, 0.5) is 0 Å². The average molecular weight is 432 g/mol. The van der Waals surface area contributed by atoms with Gasteiger partial charge in [0.2, 0.25) is 0 Å². The third-order valence-electron chi connectivity index (χ3n) is 9.65. The van der Waals surface area contributed by atoms with Gasteiger partial charge in [-0.15, -0.1) is 0 Å². The zero-order valence-corrected chi connectivity index (χ0v) is 20.0. The molecule has 174 valence electrons. The zero-order chi connectivity index (χ0) is 22.9. The van der Waals surface area contributed by atoms with Crippen LogP contribution in [0, 0.1) is 40.9 Å². The second-order valence-corrected chi connectivity index (χ2v) is 11.5. The van der Waals surface area contributed by atoms with Crippen molar-refractivity contribution in [3.8, 4) is 0 Å². The highest BCUT2D eigenvalue weighted by molar-refractivity contribution is 5.78. The highest BCUT2D eigenvalue weighted by atomic mass is 16.6. The van der Waals surface area contributed by atoms with Crippen LogP contribution in [0.2, 0.25) is 0 Å². The zero-order valence-electron chi connectivity index (χ0n) is 20.0. The predicted octanol–water partition coefficient (Wildman–Crippen LogP) is 3.46. The first-order valence-electron chi connectivity index (χ1n) is 12.1. The van der Waals surface area contributed by atoms with Gasteiger partial charge in [0, 0.05) is 12.0 Å². The molecule has 10 unspecified atom stereocenters. The smallest absolute Gasteiger partial charge is 0.338 e. The molecule has 3 N–H and O–H groups in total. The molecule has 4 aliphatic rings. The van der Waals surface area contributed by atoms with Crippen molar-refractivity contribution in [3.63, 3.8) is 0 Å². The summed E-state index contributed by atoms with van der Waals surface area (Å²) in [5.74, 6) is 0.847. The molecule has 1 heterocycles. The minimum atomic E-state index is -1.64. The average Bonchev–Trinajstić information content (AvgIpc) is 3.01. The van der Waals surface area contributed by atoms with Crippen LogP contribution < -0.4 is 5.32 Å². The number of cyclic esters (lactones) is 1. The van der Waals surface area contributed by atoms with E-state index < -0.39 is 23.8 Å². The molecule has 5 nitrogen and oxygen atoms in total. The molecule has 4 rings (SSSR count). The van der Waals surface area contributed by atoms with E-state index >= 15 is 0 Å². The van der Waals surface area contributed by atoms with Crippen molar-refractivity contribution in [2.45, 2.75) is 84.2 Å². The van der Waals surface area contributed by atoms with Crippen LogP contribution in [0.3, 0.4) is 0 Å². The lowest BCUT2D eigenvalue weighted by Crippen LogP contribution is -2.63. The molecule has 3 aliphatic carbocycles. The van der Waals surface area contributed by atoms with Crippen molar-refractivity contribution in [2.24, 2.45) is 40.9 Å². The van der Waals surface area contributed by atoms with Gasteiger partial charge in [-0.3, -0.25) is 0 Å². The molecule has 0 radical (unpaired) electrons. The number of hydrogen-bond donors (Lipinski definition) is 3. The van der Waals surface area contributed by atoms with E-state index in [0.717, 1.165) is 12.8 Å². The van der Waals surface area contributed by atoms with Crippen molar-refractivity contribution < 1.29 is 19.7 Å². The Balaban J connectivity index is 1.78. The van der Waals surface area contributed by atoms with E-state index in [0.29, 0.717) is 35.8 Å². The number of carbonyl (C=O) groups excluding carboxylic acids is 1. The Morgan fingerprint density at radius 2 is 1.94 bits per heavy atom. The third-order valence-corrected chi connectivity index (χ3v) is 9.65. The highest BCUT2D eigenvalue weighted by Gasteiger charge is 2.62. The third kappa shape index (κ3) is 3.26. The number of aliphatic hydroxyl groups excluding tert-OH is 1. The number of allylic oxidation sites excluding steroid dienone is 2. The maximum Gasteiger partial charge on any atom is 0.338 e. The lowest BCUT2D eigenvalue weighted by atomic mass is 9.53. The van der Waals surface area contributed by atoms with Gasteiger partial charge in [-0.1, -0.05) is 39.0 Å². The second-order valence-electron chi connectivity index (χ2n) is 11.5. The van der Waals surface area contributed by atoms with Crippen molar-refractivity contribution in [2.75, 3.05) is 7.05 Å². The molecule has 5 heteroatoms. The number of nitrogens with one attached hydrogen (secondary N) is 1. The van der Waals surface area contributed by atoms with Gasteiger partial charge in [0.25, 0.3) is 0 Å². The molecular formula is C26H41NO4. The lowest BCUT2D eigenvalue weighted by Gasteiger charge is -2.54. The van der Waals surface area contributed by atoms with Gasteiger partial charge in [0.1, 0.15) is 11.7 Å². The lowest BCUT2D eigenvalue weighted by molar-refractivity contribution is -0.209. The Bertz CT molecular complexity index is 790. The van der Waals surface area contributed by atoms with Gasteiger partial charge < -0.3 is 20.3 Å². The molecule has 31 heavy (non-hydrogen) atoms. The van der Waals surface area contributed by atoms with Gasteiger partial charge in [0.05, 0.1) is 0 Å². The quantitative estimate of drug-likeness (QED) is 0.461. The van der Waals surface area contributed by atoms with E-state index in [1.54, 1.807) is 0 Å². The number of carbonyl (C=O) groups is 1. The normalized spacial score (nSPS) is 51.7. The summed E-state index contributed by atoms with van der Waals surface area (Å²) in [6.45, 7) is 15.5. The molecule has 0 spiro atoms. The fourth-order valence-corrected chi connectivity index (χ4v) is 8.00. The van der Waals surface area contributed by atoms with Gasteiger partial charge >= 0.3 is 5.97 Å². The van der Waals surface area contributed by atoms with Crippen molar-refractivity contribution in [1.82, 2.24) is 5.32 Å². The fraction of sp³-hybridized carbons (Fsp3) is 0.808. The predicted molar refractivity (Wildman–Crippen MR) is 121 cm³/mol. The second kappa shape index (κ2) is 7.71. The van der Waals surface area contributed by atoms with Gasteiger partial charge in [-0.05, 0) is 87.2 Å². The molecule has 0 aromatic heterocycles. The summed E-state index contributed by atoms with van der Waals surface area (Å²) in [6.07, 6.45) is 3.92. The molecular weight excluding hydrogens is 390 g/mol. The Morgan fingerprint density at radius 3 is 2.55 bits per heavy atom. The summed E-state index contributed by atoms with van der Waals surface area (Å²) in [5.41, 5.74) is 0.582. The Morgan fingerprint density at radius 1 is 1.26 bits per heavy atom. The molecule has 1 aliphatic heterocycles. The van der Waals surface area contributed by atoms with Crippen LogP contribution in [0.5, 0.6) is 0 Å². The fourth-order valence-electron chi connectivity index (χ4n) is 8.00. The van der Waals surface area contributed by atoms with Crippen molar-refractivity contribution in [1.29, 1.82) is 0 Å². The SMILES string of the molecule is C=C1C2CC3C(C(C)C)C(NC)CC3(C)CC2/C(C)=C\CC2C(C)OC(=O)C(O)C12O. The van der Waals surface area contributed by atoms with Crippen LogP contribution >= 0.6 is 0 Å². The number of ether oxygens (including phenoxy) is 1. The van der Waals surface area contributed by atoms with Crippen molar-refractivity contribution in [3.05, 3.63) is 23.8 Å². The number of fused-ring (bicyclic) bond motifs is 3. The van der Waals surface area contributed by atoms with Crippen LogP contribution in [0.15, 0.2) is 23.8 Å². The highest BCUT2D eigenvalue weighted by Crippen LogP contribution is 2.63. The van der Waals surface area contributed by atoms with Crippen LogP contribution in [-0.4, -0.2) is 47.1 Å². The monoisotopic (exact) mass is 431 g/mol. The van der Waals surface area contributed by atoms with Gasteiger partial charge in [0.15, 0.2) is 6.10 Å². The van der Waals surface area contributed by atoms with Gasteiger partial charge in [-0.25, -0.2) is 4.79 Å². The summed E-state index contributed by atoms with van der Waals surface area (Å²) < 4.78 is 5.38. The molecule has 10 atom stereocenters. The van der Waals surface area contributed by atoms with E-state index in [1.807, 2.05) is 6.92 Å². The molecule has 0 bridgehead atoms.